The Bertz CT molecular complexity index is 313. The fourth-order valence-corrected chi connectivity index (χ4v) is 0.856. The van der Waals surface area contributed by atoms with E-state index in [0.717, 1.165) is 0 Å². The van der Waals surface area contributed by atoms with E-state index in [0.29, 0.717) is 11.5 Å². The highest BCUT2D eigenvalue weighted by molar-refractivity contribution is 5.11. The molecule has 1 atom stereocenters. The first-order valence-electron chi connectivity index (χ1n) is 5.31. The Kier molecular flexibility index (Phi) is 8.51. The maximum absolute atomic E-state index is 9.53. The summed E-state index contributed by atoms with van der Waals surface area (Å²) in [5.41, 5.74) is 0. The molecule has 1 unspecified atom stereocenters. The van der Waals surface area contributed by atoms with Crippen LogP contribution in [0.4, 0.5) is 0 Å². The van der Waals surface area contributed by atoms with Gasteiger partial charge in [-0.3, -0.25) is 0 Å². The van der Waals surface area contributed by atoms with E-state index in [4.69, 9.17) is 9.47 Å². The largest absolute Gasteiger partial charge is 0.495 e. The van der Waals surface area contributed by atoms with Gasteiger partial charge in [0.15, 0.2) is 0 Å². The zero-order valence-corrected chi connectivity index (χ0v) is 10.3. The van der Waals surface area contributed by atoms with E-state index in [2.05, 4.69) is 19.7 Å². The molecule has 0 aliphatic heterocycles. The molecule has 0 aromatic heterocycles. The number of hydrogen-bond acceptors (Lipinski definition) is 3. The van der Waals surface area contributed by atoms with Gasteiger partial charge in [-0.15, -0.1) is 0 Å². The van der Waals surface area contributed by atoms with Crippen molar-refractivity contribution >= 4 is 0 Å². The minimum absolute atomic E-state index is 0.140. The van der Waals surface area contributed by atoms with E-state index in [-0.39, 0.29) is 13.2 Å². The molecule has 0 aromatic carbocycles. The molecule has 3 nitrogen and oxygen atoms in total. The van der Waals surface area contributed by atoms with Crippen LogP contribution in [0, 0.1) is 0 Å². The van der Waals surface area contributed by atoms with Gasteiger partial charge >= 0.3 is 0 Å². The maximum atomic E-state index is 9.53. The topological polar surface area (TPSA) is 38.7 Å². The van der Waals surface area contributed by atoms with Crippen LogP contribution in [-0.2, 0) is 9.47 Å². The molecule has 0 rings (SSSR count). The van der Waals surface area contributed by atoms with Gasteiger partial charge in [0.1, 0.15) is 25.1 Å². The first kappa shape index (κ1) is 15.3. The summed E-state index contributed by atoms with van der Waals surface area (Å²) in [6.45, 7) is 12.7. The Labute approximate surface area is 103 Å². The average Bonchev–Trinajstić information content (AvgIpc) is 2.33. The molecule has 0 aliphatic rings. The maximum Gasteiger partial charge on any atom is 0.122 e. The number of hydrogen-bond donors (Lipinski definition) is 1. The van der Waals surface area contributed by atoms with Crippen LogP contribution in [0.2, 0.25) is 0 Å². The van der Waals surface area contributed by atoms with Crippen molar-refractivity contribution in [1.29, 1.82) is 0 Å². The zero-order valence-electron chi connectivity index (χ0n) is 10.3. The van der Waals surface area contributed by atoms with Crippen molar-refractivity contribution in [3.05, 3.63) is 61.6 Å². The van der Waals surface area contributed by atoms with Crippen molar-refractivity contribution < 1.29 is 14.6 Å². The second-order valence-corrected chi connectivity index (χ2v) is 3.34. The molecule has 94 valence electrons. The summed E-state index contributed by atoms with van der Waals surface area (Å²) in [5, 5.41) is 9.53. The molecule has 0 radical (unpaired) electrons. The summed E-state index contributed by atoms with van der Waals surface area (Å²) < 4.78 is 10.4. The Hall–Kier alpha value is -1.74. The van der Waals surface area contributed by atoms with Crippen molar-refractivity contribution in [3.63, 3.8) is 0 Å². The average molecular weight is 236 g/mol. The number of ether oxygens (including phenoxy) is 2. The molecule has 17 heavy (non-hydrogen) atoms. The minimum atomic E-state index is -0.696. The molecule has 0 aliphatic carbocycles. The second kappa shape index (κ2) is 9.48. The van der Waals surface area contributed by atoms with Crippen LogP contribution in [0.15, 0.2) is 61.6 Å². The van der Waals surface area contributed by atoms with Crippen molar-refractivity contribution in [3.8, 4) is 0 Å². The van der Waals surface area contributed by atoms with Gasteiger partial charge in [0.25, 0.3) is 0 Å². The summed E-state index contributed by atoms with van der Waals surface area (Å²) in [5.74, 6) is 1.15. The summed E-state index contributed by atoms with van der Waals surface area (Å²) in [4.78, 5) is 0. The van der Waals surface area contributed by atoms with Crippen molar-refractivity contribution in [2.75, 3.05) is 13.2 Å². The molecule has 0 saturated carbocycles. The quantitative estimate of drug-likeness (QED) is 0.494. The minimum Gasteiger partial charge on any atom is -0.495 e. The van der Waals surface area contributed by atoms with Crippen molar-refractivity contribution in [1.82, 2.24) is 0 Å². The number of aliphatic hydroxyl groups is 1. The Morgan fingerprint density at radius 3 is 2.47 bits per heavy atom. The third-order valence-corrected chi connectivity index (χ3v) is 1.77. The summed E-state index contributed by atoms with van der Waals surface area (Å²) >= 11 is 0. The van der Waals surface area contributed by atoms with Crippen LogP contribution in [0.1, 0.15) is 6.92 Å². The normalized spacial score (nSPS) is 13.2. The van der Waals surface area contributed by atoms with E-state index >= 15 is 0 Å². The number of aliphatic hydroxyl groups excluding tert-OH is 1. The van der Waals surface area contributed by atoms with Gasteiger partial charge in [0, 0.05) is 0 Å². The lowest BCUT2D eigenvalue weighted by atomic mass is 10.4. The molecule has 0 amide bonds. The predicted octanol–water partition coefficient (Wildman–Crippen LogP) is 2.73. The fraction of sp³-hybridized carbons (Fsp3) is 0.286. The van der Waals surface area contributed by atoms with Crippen LogP contribution >= 0.6 is 0 Å². The highest BCUT2D eigenvalue weighted by Crippen LogP contribution is 2.01. The Morgan fingerprint density at radius 2 is 1.88 bits per heavy atom. The zero-order chi connectivity index (χ0) is 13.1. The fourth-order valence-electron chi connectivity index (χ4n) is 0.856. The highest BCUT2D eigenvalue weighted by atomic mass is 16.5. The second-order valence-electron chi connectivity index (χ2n) is 3.34. The van der Waals surface area contributed by atoms with Crippen LogP contribution in [-0.4, -0.2) is 24.4 Å². The number of rotatable bonds is 9. The van der Waals surface area contributed by atoms with Crippen LogP contribution in [0.5, 0.6) is 0 Å². The van der Waals surface area contributed by atoms with Crippen LogP contribution < -0.4 is 0 Å². The third kappa shape index (κ3) is 9.20. The highest BCUT2D eigenvalue weighted by Gasteiger charge is 2.05. The molecular formula is C14H20O3. The molecule has 0 saturated heterocycles. The van der Waals surface area contributed by atoms with Gasteiger partial charge in [-0.1, -0.05) is 38.0 Å². The molecule has 0 bridgehead atoms. The standard InChI is InChI=1S/C14H20O3/c1-5-7-8-9-13(4)17-11-14(15)10-16-12(3)6-2/h5-9,14-15H,1-3,10-11H2,4H3/b8-7-,13-9+. The van der Waals surface area contributed by atoms with Gasteiger partial charge in [0.2, 0.25) is 0 Å². The van der Waals surface area contributed by atoms with Gasteiger partial charge in [0.05, 0.1) is 5.76 Å². The van der Waals surface area contributed by atoms with Crippen LogP contribution in [0.3, 0.4) is 0 Å². The lowest BCUT2D eigenvalue weighted by Crippen LogP contribution is -2.20. The smallest absolute Gasteiger partial charge is 0.122 e. The van der Waals surface area contributed by atoms with Gasteiger partial charge < -0.3 is 14.6 Å². The van der Waals surface area contributed by atoms with Gasteiger partial charge in [-0.05, 0) is 19.1 Å². The Balaban J connectivity index is 3.82. The summed E-state index contributed by atoms with van der Waals surface area (Å²) in [6, 6.07) is 0. The van der Waals surface area contributed by atoms with E-state index in [1.54, 1.807) is 18.2 Å². The van der Waals surface area contributed by atoms with Gasteiger partial charge in [-0.2, -0.15) is 0 Å². The van der Waals surface area contributed by atoms with Gasteiger partial charge in [-0.25, -0.2) is 0 Å². The molecule has 1 N–H and O–H groups in total. The van der Waals surface area contributed by atoms with Crippen molar-refractivity contribution in [2.24, 2.45) is 0 Å². The molecule has 0 heterocycles. The molecule has 0 spiro atoms. The van der Waals surface area contributed by atoms with Crippen molar-refractivity contribution in [2.45, 2.75) is 13.0 Å². The number of allylic oxidation sites excluding steroid dienone is 6. The molecular weight excluding hydrogens is 216 g/mol. The molecule has 0 fully saturated rings. The molecule has 3 heteroatoms. The summed E-state index contributed by atoms with van der Waals surface area (Å²) in [7, 11) is 0. The van der Waals surface area contributed by atoms with E-state index in [1.807, 2.05) is 13.0 Å². The third-order valence-electron chi connectivity index (χ3n) is 1.77. The Morgan fingerprint density at radius 1 is 1.24 bits per heavy atom. The first-order chi connectivity index (χ1) is 8.10. The summed E-state index contributed by atoms with van der Waals surface area (Å²) in [6.07, 6.45) is 7.86. The van der Waals surface area contributed by atoms with Crippen LogP contribution in [0.25, 0.3) is 0 Å². The van der Waals surface area contributed by atoms with E-state index in [1.165, 1.54) is 6.08 Å². The predicted molar refractivity (Wildman–Crippen MR) is 70.3 cm³/mol. The molecule has 0 aromatic rings. The SMILES string of the molecule is C=C/C=C\C=C(/C)OCC(O)COC(=C)C=C. The van der Waals surface area contributed by atoms with E-state index < -0.39 is 6.10 Å². The first-order valence-corrected chi connectivity index (χ1v) is 5.31. The monoisotopic (exact) mass is 236 g/mol. The lowest BCUT2D eigenvalue weighted by molar-refractivity contribution is 0.0208. The lowest BCUT2D eigenvalue weighted by Gasteiger charge is -2.13. The van der Waals surface area contributed by atoms with E-state index in [9.17, 15) is 5.11 Å².